The van der Waals surface area contributed by atoms with Crippen molar-refractivity contribution in [1.29, 1.82) is 0 Å². The lowest BCUT2D eigenvalue weighted by Crippen LogP contribution is -2.41. The van der Waals surface area contributed by atoms with Crippen LogP contribution in [0.15, 0.2) is 24.3 Å². The summed E-state index contributed by atoms with van der Waals surface area (Å²) in [5, 5.41) is 10.1. The van der Waals surface area contributed by atoms with Crippen LogP contribution in [0.25, 0.3) is 10.9 Å². The number of carboxylic acids is 1. The van der Waals surface area contributed by atoms with Crippen molar-refractivity contribution in [3.8, 4) is 0 Å². The van der Waals surface area contributed by atoms with Crippen LogP contribution in [-0.4, -0.2) is 39.0 Å². The molecule has 0 saturated heterocycles. The Labute approximate surface area is 127 Å². The molecule has 0 fully saturated rings. The summed E-state index contributed by atoms with van der Waals surface area (Å²) in [7, 11) is 1.75. The predicted octanol–water partition coefficient (Wildman–Crippen LogP) is 2.77. The summed E-state index contributed by atoms with van der Waals surface area (Å²) in [6, 6.07) is 7.19. The second kappa shape index (κ2) is 5.77. The smallest absolute Gasteiger partial charge is 0.323 e. The average Bonchev–Trinajstić information content (AvgIpc) is 2.68. The van der Waals surface area contributed by atoms with Gasteiger partial charge in [0.05, 0.1) is 5.02 Å². The summed E-state index contributed by atoms with van der Waals surface area (Å²) in [4.78, 5) is 24.9. The zero-order valence-corrected chi connectivity index (χ0v) is 12.9. The van der Waals surface area contributed by atoms with Gasteiger partial charge in [-0.2, -0.15) is 0 Å². The number of amides is 1. The van der Waals surface area contributed by atoms with Crippen molar-refractivity contribution in [2.75, 3.05) is 6.54 Å². The number of aromatic nitrogens is 1. The number of rotatable bonds is 4. The molecule has 5 nitrogen and oxygen atoms in total. The van der Waals surface area contributed by atoms with Crippen LogP contribution >= 0.6 is 11.6 Å². The second-order valence-corrected chi connectivity index (χ2v) is 5.54. The lowest BCUT2D eigenvalue weighted by molar-refractivity contribution is -0.138. The van der Waals surface area contributed by atoms with Crippen molar-refractivity contribution in [2.24, 2.45) is 7.05 Å². The fourth-order valence-electron chi connectivity index (χ4n) is 2.35. The van der Waals surface area contributed by atoms with Crippen LogP contribution in [0, 0.1) is 0 Å². The van der Waals surface area contributed by atoms with E-state index in [1.807, 2.05) is 24.3 Å². The number of carbonyl (C=O) groups excluding carboxylic acids is 1. The lowest BCUT2D eigenvalue weighted by atomic mass is 10.2. The molecule has 0 saturated carbocycles. The van der Waals surface area contributed by atoms with Crippen LogP contribution in [0.3, 0.4) is 0 Å². The minimum Gasteiger partial charge on any atom is -0.480 e. The molecule has 0 radical (unpaired) electrons. The normalized spacial score (nSPS) is 11.1. The molecule has 0 aliphatic heterocycles. The highest BCUT2D eigenvalue weighted by Crippen LogP contribution is 2.30. The average molecular weight is 309 g/mol. The fraction of sp³-hybridized carbons (Fsp3) is 0.333. The molecule has 0 unspecified atom stereocenters. The number of hydrogen-bond donors (Lipinski definition) is 1. The number of carbonyl (C=O) groups is 2. The van der Waals surface area contributed by atoms with Gasteiger partial charge in [-0.25, -0.2) is 0 Å². The summed E-state index contributed by atoms with van der Waals surface area (Å²) in [5.41, 5.74) is 1.15. The molecule has 0 aliphatic rings. The van der Waals surface area contributed by atoms with Crippen LogP contribution in [0.1, 0.15) is 24.3 Å². The van der Waals surface area contributed by atoms with E-state index in [0.717, 1.165) is 10.9 Å². The lowest BCUT2D eigenvalue weighted by Gasteiger charge is -2.25. The Morgan fingerprint density at radius 2 is 1.95 bits per heavy atom. The van der Waals surface area contributed by atoms with Crippen molar-refractivity contribution < 1.29 is 14.7 Å². The van der Waals surface area contributed by atoms with Crippen LogP contribution in [0.2, 0.25) is 5.02 Å². The minimum absolute atomic E-state index is 0.234. The zero-order valence-electron chi connectivity index (χ0n) is 12.1. The number of aliphatic carboxylic acids is 1. The van der Waals surface area contributed by atoms with Gasteiger partial charge in [0.1, 0.15) is 12.2 Å². The van der Waals surface area contributed by atoms with E-state index < -0.39 is 5.97 Å². The summed E-state index contributed by atoms with van der Waals surface area (Å²) >= 11 is 6.33. The van der Waals surface area contributed by atoms with Crippen LogP contribution in [0.4, 0.5) is 0 Å². The first-order valence-corrected chi connectivity index (χ1v) is 6.98. The third kappa shape index (κ3) is 2.74. The largest absolute Gasteiger partial charge is 0.480 e. The van der Waals surface area contributed by atoms with E-state index in [1.165, 1.54) is 4.90 Å². The third-order valence-electron chi connectivity index (χ3n) is 3.44. The second-order valence-electron chi connectivity index (χ2n) is 5.16. The monoisotopic (exact) mass is 308 g/mol. The molecule has 0 bridgehead atoms. The van der Waals surface area contributed by atoms with E-state index in [2.05, 4.69) is 0 Å². The molecule has 1 N–H and O–H groups in total. The van der Waals surface area contributed by atoms with Crippen LogP contribution in [-0.2, 0) is 11.8 Å². The molecule has 2 aromatic rings. The van der Waals surface area contributed by atoms with Gasteiger partial charge in [0, 0.05) is 24.0 Å². The first kappa shape index (κ1) is 15.4. The van der Waals surface area contributed by atoms with Gasteiger partial charge >= 0.3 is 5.97 Å². The van der Waals surface area contributed by atoms with Gasteiger partial charge in [-0.3, -0.25) is 9.59 Å². The number of para-hydroxylation sites is 1. The molecule has 1 aromatic heterocycles. The number of hydrogen-bond acceptors (Lipinski definition) is 2. The Bertz CT molecular complexity index is 667. The molecule has 0 atom stereocenters. The van der Waals surface area contributed by atoms with Gasteiger partial charge in [-0.05, 0) is 19.9 Å². The summed E-state index contributed by atoms with van der Waals surface area (Å²) < 4.78 is 1.71. The molecule has 2 rings (SSSR count). The molecule has 6 heteroatoms. The highest BCUT2D eigenvalue weighted by molar-refractivity contribution is 6.38. The first-order valence-electron chi connectivity index (χ1n) is 6.60. The SMILES string of the molecule is CC(C)N(CC(=O)O)C(=O)c1c(Cl)c2ccccc2n1C. The van der Waals surface area contributed by atoms with E-state index in [9.17, 15) is 9.59 Å². The maximum Gasteiger partial charge on any atom is 0.323 e. The zero-order chi connectivity index (χ0) is 15.7. The molecule has 0 aliphatic carbocycles. The van der Waals surface area contributed by atoms with Crippen molar-refractivity contribution in [2.45, 2.75) is 19.9 Å². The molecular weight excluding hydrogens is 292 g/mol. The van der Waals surface area contributed by atoms with Gasteiger partial charge in [-0.1, -0.05) is 29.8 Å². The highest BCUT2D eigenvalue weighted by atomic mass is 35.5. The van der Waals surface area contributed by atoms with Gasteiger partial charge < -0.3 is 14.6 Å². The Kier molecular flexibility index (Phi) is 4.23. The van der Waals surface area contributed by atoms with Gasteiger partial charge in [0.2, 0.25) is 0 Å². The first-order chi connectivity index (χ1) is 9.84. The van der Waals surface area contributed by atoms with Crippen molar-refractivity contribution in [3.05, 3.63) is 35.0 Å². The molecule has 0 spiro atoms. The summed E-state index contributed by atoms with van der Waals surface area (Å²) in [6.07, 6.45) is 0. The predicted molar refractivity (Wildman–Crippen MR) is 81.7 cm³/mol. The van der Waals surface area contributed by atoms with Gasteiger partial charge in [0.25, 0.3) is 5.91 Å². The number of nitrogens with zero attached hydrogens (tertiary/aromatic N) is 2. The van der Waals surface area contributed by atoms with Crippen LogP contribution in [0.5, 0.6) is 0 Å². The maximum absolute atomic E-state index is 12.7. The Morgan fingerprint density at radius 3 is 2.48 bits per heavy atom. The van der Waals surface area contributed by atoms with Crippen LogP contribution < -0.4 is 0 Å². The van der Waals surface area contributed by atoms with E-state index in [1.54, 1.807) is 25.5 Å². The minimum atomic E-state index is -1.05. The number of fused-ring (bicyclic) bond motifs is 1. The third-order valence-corrected chi connectivity index (χ3v) is 3.82. The van der Waals surface area contributed by atoms with Crippen molar-refractivity contribution in [3.63, 3.8) is 0 Å². The number of halogens is 1. The topological polar surface area (TPSA) is 62.5 Å². The molecule has 1 aromatic carbocycles. The highest BCUT2D eigenvalue weighted by Gasteiger charge is 2.27. The molecule has 112 valence electrons. The van der Waals surface area contributed by atoms with Crippen molar-refractivity contribution >= 4 is 34.4 Å². The summed E-state index contributed by atoms with van der Waals surface area (Å²) in [5.74, 6) is -1.43. The van der Waals surface area contributed by atoms with Gasteiger partial charge in [-0.15, -0.1) is 0 Å². The van der Waals surface area contributed by atoms with E-state index in [-0.39, 0.29) is 18.5 Å². The Hall–Kier alpha value is -2.01. The molecule has 1 amide bonds. The Morgan fingerprint density at radius 1 is 1.33 bits per heavy atom. The quantitative estimate of drug-likeness (QED) is 0.944. The fourth-order valence-corrected chi connectivity index (χ4v) is 2.72. The molecule has 1 heterocycles. The molecule has 21 heavy (non-hydrogen) atoms. The van der Waals surface area contributed by atoms with E-state index in [0.29, 0.717) is 10.7 Å². The van der Waals surface area contributed by atoms with E-state index in [4.69, 9.17) is 16.7 Å². The number of benzene rings is 1. The maximum atomic E-state index is 12.7. The van der Waals surface area contributed by atoms with E-state index >= 15 is 0 Å². The standard InChI is InChI=1S/C15H17ClN2O3/c1-9(2)18(8-12(19)20)15(21)14-13(16)10-6-4-5-7-11(10)17(14)3/h4-7,9H,8H2,1-3H3,(H,19,20). The summed E-state index contributed by atoms with van der Waals surface area (Å²) in [6.45, 7) is 3.20. The molecular formula is C15H17ClN2O3. The number of carboxylic acid groups (broad SMARTS) is 1. The Balaban J connectivity index is 2.54. The van der Waals surface area contributed by atoms with Crippen molar-refractivity contribution in [1.82, 2.24) is 9.47 Å². The van der Waals surface area contributed by atoms with Gasteiger partial charge in [0.15, 0.2) is 0 Å². The number of aryl methyl sites for hydroxylation is 1.